The molecule has 1 aliphatic heterocycles. The summed E-state index contributed by atoms with van der Waals surface area (Å²) in [6, 6.07) is 6.61. The van der Waals surface area contributed by atoms with E-state index in [4.69, 9.17) is 0 Å². The van der Waals surface area contributed by atoms with E-state index in [1.165, 1.54) is 18.4 Å². The molecule has 1 saturated heterocycles. The largest absolute Gasteiger partial charge is 0.358 e. The summed E-state index contributed by atoms with van der Waals surface area (Å²) in [5.74, 6) is 0. The summed E-state index contributed by atoms with van der Waals surface area (Å²) in [6.45, 7) is 7.17. The Labute approximate surface area is 144 Å². The predicted molar refractivity (Wildman–Crippen MR) is 101 cm³/mol. The molecule has 0 amide bonds. The van der Waals surface area contributed by atoms with E-state index in [1.54, 1.807) is 0 Å². The van der Waals surface area contributed by atoms with Crippen LogP contribution in [0, 0.1) is 6.92 Å². The summed E-state index contributed by atoms with van der Waals surface area (Å²) >= 11 is 0. The molecule has 3 rings (SSSR count). The lowest BCUT2D eigenvalue weighted by molar-refractivity contribution is 0.139. The number of benzene rings is 1. The molecule has 1 N–H and O–H groups in total. The number of aromatic amines is 1. The number of rotatable bonds is 4. The van der Waals surface area contributed by atoms with Gasteiger partial charge in [-0.1, -0.05) is 19.1 Å². The molecule has 0 spiro atoms. The third-order valence-electron chi connectivity index (χ3n) is 5.53. The van der Waals surface area contributed by atoms with Gasteiger partial charge in [-0.2, -0.15) is 0 Å². The number of hydrogen-bond acceptors (Lipinski definition) is 3. The summed E-state index contributed by atoms with van der Waals surface area (Å²) in [5, 5.41) is 0.826. The monoisotopic (exact) mass is 327 g/mol. The number of fused-ring (bicyclic) bond motifs is 1. The van der Waals surface area contributed by atoms with Gasteiger partial charge < -0.3 is 9.88 Å². The average Bonchev–Trinajstić information content (AvgIpc) is 2.58. The smallest absolute Gasteiger partial charge is 0.194 e. The maximum absolute atomic E-state index is 13.0. The zero-order valence-electron chi connectivity index (χ0n) is 15.4. The van der Waals surface area contributed by atoms with Gasteiger partial charge in [-0.25, -0.2) is 0 Å². The quantitative estimate of drug-likeness (QED) is 0.938. The molecule has 4 heteroatoms. The number of aromatic nitrogens is 1. The fourth-order valence-corrected chi connectivity index (χ4v) is 3.83. The first kappa shape index (κ1) is 17.2. The lowest BCUT2D eigenvalue weighted by atomic mass is 10.0. The number of H-pyrrole nitrogens is 1. The van der Waals surface area contributed by atoms with Crippen LogP contribution in [0.25, 0.3) is 10.9 Å². The molecule has 0 atom stereocenters. The Morgan fingerprint density at radius 3 is 2.67 bits per heavy atom. The Morgan fingerprint density at radius 2 is 2.00 bits per heavy atom. The van der Waals surface area contributed by atoms with Crippen molar-refractivity contribution in [2.24, 2.45) is 0 Å². The van der Waals surface area contributed by atoms with Crippen molar-refractivity contribution in [1.82, 2.24) is 14.8 Å². The van der Waals surface area contributed by atoms with Gasteiger partial charge in [-0.05, 0) is 65.0 Å². The van der Waals surface area contributed by atoms with Gasteiger partial charge in [0.25, 0.3) is 0 Å². The lowest BCUT2D eigenvalue weighted by Crippen LogP contribution is -2.42. The van der Waals surface area contributed by atoms with Gasteiger partial charge >= 0.3 is 0 Å². The van der Waals surface area contributed by atoms with Crippen molar-refractivity contribution in [3.05, 3.63) is 45.2 Å². The fraction of sp³-hybridized carbons (Fsp3) is 0.550. The van der Waals surface area contributed by atoms with Crippen LogP contribution in [0.2, 0.25) is 0 Å². The minimum absolute atomic E-state index is 0.191. The molecule has 130 valence electrons. The van der Waals surface area contributed by atoms with Crippen LogP contribution in [0.5, 0.6) is 0 Å². The van der Waals surface area contributed by atoms with Gasteiger partial charge in [0.1, 0.15) is 0 Å². The van der Waals surface area contributed by atoms with Crippen molar-refractivity contribution in [3.8, 4) is 0 Å². The second kappa shape index (κ2) is 7.08. The van der Waals surface area contributed by atoms with E-state index in [0.29, 0.717) is 6.04 Å². The Hall–Kier alpha value is -1.65. The summed E-state index contributed by atoms with van der Waals surface area (Å²) in [4.78, 5) is 21.3. The number of nitrogens with one attached hydrogen (secondary N) is 1. The van der Waals surface area contributed by atoms with Crippen molar-refractivity contribution < 1.29 is 0 Å². The molecule has 0 unspecified atom stereocenters. The topological polar surface area (TPSA) is 39.3 Å². The summed E-state index contributed by atoms with van der Waals surface area (Å²) in [6.07, 6.45) is 3.29. The zero-order valence-corrected chi connectivity index (χ0v) is 15.4. The first-order chi connectivity index (χ1) is 11.5. The Morgan fingerprint density at radius 1 is 1.29 bits per heavy atom. The number of para-hydroxylation sites is 1. The molecule has 0 radical (unpaired) electrons. The Balaban J connectivity index is 1.91. The van der Waals surface area contributed by atoms with Gasteiger partial charge in [0.2, 0.25) is 0 Å². The number of piperidine rings is 1. The third kappa shape index (κ3) is 3.26. The van der Waals surface area contributed by atoms with Crippen LogP contribution in [0.15, 0.2) is 23.0 Å². The first-order valence-corrected chi connectivity index (χ1v) is 9.03. The summed E-state index contributed by atoms with van der Waals surface area (Å²) in [7, 11) is 4.33. The van der Waals surface area contributed by atoms with E-state index in [9.17, 15) is 4.79 Å². The van der Waals surface area contributed by atoms with Crippen LogP contribution < -0.4 is 5.43 Å². The van der Waals surface area contributed by atoms with Crippen molar-refractivity contribution in [2.75, 3.05) is 27.2 Å². The fourth-order valence-electron chi connectivity index (χ4n) is 3.83. The average molecular weight is 327 g/mol. The maximum Gasteiger partial charge on any atom is 0.194 e. The van der Waals surface area contributed by atoms with E-state index in [0.717, 1.165) is 48.2 Å². The predicted octanol–water partition coefficient (Wildman–Crippen LogP) is 2.92. The molecule has 1 aromatic carbocycles. The molecule has 1 aromatic heterocycles. The van der Waals surface area contributed by atoms with Crippen LogP contribution in [0.3, 0.4) is 0 Å². The van der Waals surface area contributed by atoms with Crippen LogP contribution in [0.4, 0.5) is 0 Å². The molecule has 0 saturated carbocycles. The molecule has 4 nitrogen and oxygen atoms in total. The molecule has 1 fully saturated rings. The van der Waals surface area contributed by atoms with Gasteiger partial charge in [-0.3, -0.25) is 9.69 Å². The standard InChI is InChI=1S/C20H29N3O/c1-5-15-7-6-8-17-19(15)21-14(2)18(20(17)24)13-23(4)16-9-11-22(3)12-10-16/h6-8,16H,5,9-13H2,1-4H3,(H,21,24). The van der Waals surface area contributed by atoms with Crippen molar-refractivity contribution in [1.29, 1.82) is 0 Å². The summed E-state index contributed by atoms with van der Waals surface area (Å²) in [5.41, 5.74) is 4.33. The van der Waals surface area contributed by atoms with E-state index in [-0.39, 0.29) is 5.43 Å². The number of hydrogen-bond donors (Lipinski definition) is 1. The van der Waals surface area contributed by atoms with Gasteiger partial charge in [0, 0.05) is 29.2 Å². The highest BCUT2D eigenvalue weighted by molar-refractivity contribution is 5.82. The first-order valence-electron chi connectivity index (χ1n) is 9.03. The zero-order chi connectivity index (χ0) is 17.3. The Bertz CT molecular complexity index is 772. The molecule has 2 aromatic rings. The number of pyridine rings is 1. The number of nitrogens with zero attached hydrogens (tertiary/aromatic N) is 2. The minimum Gasteiger partial charge on any atom is -0.358 e. The van der Waals surface area contributed by atoms with Crippen LogP contribution in [-0.4, -0.2) is 48.0 Å². The van der Waals surface area contributed by atoms with Gasteiger partial charge in [0.15, 0.2) is 5.43 Å². The maximum atomic E-state index is 13.0. The highest BCUT2D eigenvalue weighted by Gasteiger charge is 2.22. The van der Waals surface area contributed by atoms with Crippen molar-refractivity contribution in [3.63, 3.8) is 0 Å². The van der Waals surface area contributed by atoms with Crippen molar-refractivity contribution in [2.45, 2.75) is 45.7 Å². The second-order valence-electron chi connectivity index (χ2n) is 7.20. The second-order valence-corrected chi connectivity index (χ2v) is 7.20. The van der Waals surface area contributed by atoms with E-state index < -0.39 is 0 Å². The van der Waals surface area contributed by atoms with E-state index in [1.807, 2.05) is 19.1 Å². The van der Waals surface area contributed by atoms with Crippen LogP contribution >= 0.6 is 0 Å². The molecule has 1 aliphatic rings. The molecule has 24 heavy (non-hydrogen) atoms. The van der Waals surface area contributed by atoms with E-state index >= 15 is 0 Å². The number of likely N-dealkylation sites (tertiary alicyclic amines) is 1. The highest BCUT2D eigenvalue weighted by Crippen LogP contribution is 2.20. The molecular weight excluding hydrogens is 298 g/mol. The van der Waals surface area contributed by atoms with Crippen molar-refractivity contribution >= 4 is 10.9 Å². The minimum atomic E-state index is 0.191. The van der Waals surface area contributed by atoms with Crippen LogP contribution in [0.1, 0.15) is 36.6 Å². The van der Waals surface area contributed by atoms with Gasteiger partial charge in [-0.15, -0.1) is 0 Å². The lowest BCUT2D eigenvalue weighted by Gasteiger charge is -2.35. The SMILES string of the molecule is CCc1cccc2c(=O)c(CN(C)C3CCN(C)CC3)c(C)[nH]c12. The highest BCUT2D eigenvalue weighted by atomic mass is 16.1. The molecule has 2 heterocycles. The van der Waals surface area contributed by atoms with E-state index in [2.05, 4.69) is 41.9 Å². The molecule has 0 bridgehead atoms. The Kier molecular flexibility index (Phi) is 5.07. The molecule has 0 aliphatic carbocycles. The van der Waals surface area contributed by atoms with Crippen LogP contribution in [-0.2, 0) is 13.0 Å². The normalized spacial score (nSPS) is 17.0. The number of aryl methyl sites for hydroxylation is 2. The summed E-state index contributed by atoms with van der Waals surface area (Å²) < 4.78 is 0. The van der Waals surface area contributed by atoms with Gasteiger partial charge in [0.05, 0.1) is 5.52 Å². The third-order valence-corrected chi connectivity index (χ3v) is 5.53. The molecular formula is C20H29N3O.